The van der Waals surface area contributed by atoms with E-state index in [9.17, 15) is 0 Å². The van der Waals surface area contributed by atoms with Crippen LogP contribution in [0.5, 0.6) is 0 Å². The van der Waals surface area contributed by atoms with Gasteiger partial charge in [0.25, 0.3) is 5.89 Å². The van der Waals surface area contributed by atoms with Crippen LogP contribution in [0.1, 0.15) is 32.2 Å². The molecule has 6 heteroatoms. The fraction of sp³-hybridized carbons (Fsp3) is 0.571. The molecular weight excluding hydrogens is 274 g/mol. The maximum atomic E-state index is 5.82. The van der Waals surface area contributed by atoms with E-state index in [0.29, 0.717) is 17.9 Å². The van der Waals surface area contributed by atoms with Crippen LogP contribution >= 0.6 is 11.3 Å². The second-order valence-electron chi connectivity index (χ2n) is 4.99. The fourth-order valence-corrected chi connectivity index (χ4v) is 3.04. The van der Waals surface area contributed by atoms with Crippen molar-refractivity contribution in [3.63, 3.8) is 0 Å². The zero-order valence-electron chi connectivity index (χ0n) is 11.8. The van der Waals surface area contributed by atoms with Crippen molar-refractivity contribution in [3.05, 3.63) is 23.4 Å². The van der Waals surface area contributed by atoms with Crippen LogP contribution in [0.4, 0.5) is 0 Å². The van der Waals surface area contributed by atoms with Crippen LogP contribution in [0.25, 0.3) is 10.8 Å². The molecule has 2 atom stereocenters. The van der Waals surface area contributed by atoms with Gasteiger partial charge in [0.1, 0.15) is 0 Å². The van der Waals surface area contributed by atoms with Crippen molar-refractivity contribution < 1.29 is 9.15 Å². The quantitative estimate of drug-likeness (QED) is 0.867. The van der Waals surface area contributed by atoms with Crippen molar-refractivity contribution in [3.8, 4) is 10.8 Å². The van der Waals surface area contributed by atoms with Crippen LogP contribution in [-0.2, 0) is 4.74 Å². The molecule has 3 heterocycles. The van der Waals surface area contributed by atoms with Gasteiger partial charge in [0.2, 0.25) is 5.89 Å². The number of rotatable bonds is 4. The first-order valence-electron chi connectivity index (χ1n) is 7.01. The first-order chi connectivity index (χ1) is 9.78. The van der Waals surface area contributed by atoms with Crippen molar-refractivity contribution in [1.82, 2.24) is 15.1 Å². The highest BCUT2D eigenvalue weighted by atomic mass is 32.1. The van der Waals surface area contributed by atoms with Crippen molar-refractivity contribution in [2.45, 2.75) is 32.4 Å². The lowest BCUT2D eigenvalue weighted by Crippen LogP contribution is -2.43. The molecule has 0 amide bonds. The van der Waals surface area contributed by atoms with Crippen LogP contribution in [0.2, 0.25) is 0 Å². The Kier molecular flexibility index (Phi) is 4.14. The van der Waals surface area contributed by atoms with Crippen molar-refractivity contribution in [2.24, 2.45) is 0 Å². The van der Waals surface area contributed by atoms with Gasteiger partial charge in [-0.3, -0.25) is 4.90 Å². The monoisotopic (exact) mass is 293 g/mol. The summed E-state index contributed by atoms with van der Waals surface area (Å²) in [6.07, 6.45) is 1.35. The predicted octanol–water partition coefficient (Wildman–Crippen LogP) is 2.97. The molecule has 0 N–H and O–H groups in total. The molecule has 108 valence electrons. The van der Waals surface area contributed by atoms with Crippen LogP contribution in [0.15, 0.2) is 21.9 Å². The maximum Gasteiger partial charge on any atom is 0.257 e. The minimum Gasteiger partial charge on any atom is -0.418 e. The highest BCUT2D eigenvalue weighted by molar-refractivity contribution is 7.13. The molecule has 3 rings (SSSR count). The Morgan fingerprint density at radius 2 is 2.40 bits per heavy atom. The van der Waals surface area contributed by atoms with E-state index < -0.39 is 0 Å². The van der Waals surface area contributed by atoms with Crippen LogP contribution in [-0.4, -0.2) is 40.9 Å². The molecule has 2 aromatic heterocycles. The molecule has 0 aliphatic carbocycles. The van der Waals surface area contributed by atoms with Gasteiger partial charge >= 0.3 is 0 Å². The summed E-state index contributed by atoms with van der Waals surface area (Å²) in [4.78, 5) is 3.37. The third-order valence-corrected chi connectivity index (χ3v) is 4.56. The van der Waals surface area contributed by atoms with Gasteiger partial charge < -0.3 is 9.15 Å². The van der Waals surface area contributed by atoms with Crippen LogP contribution < -0.4 is 0 Å². The highest BCUT2D eigenvalue weighted by Gasteiger charge is 2.27. The summed E-state index contributed by atoms with van der Waals surface area (Å²) in [5, 5.41) is 10.4. The second kappa shape index (κ2) is 6.03. The Labute approximate surface area is 122 Å². The lowest BCUT2D eigenvalue weighted by atomic mass is 10.2. The number of aromatic nitrogens is 2. The van der Waals surface area contributed by atoms with E-state index in [-0.39, 0.29) is 6.04 Å². The lowest BCUT2D eigenvalue weighted by molar-refractivity contribution is -0.0456. The van der Waals surface area contributed by atoms with Gasteiger partial charge in [0.05, 0.1) is 23.6 Å². The third kappa shape index (κ3) is 2.77. The number of morpholine rings is 1. The summed E-state index contributed by atoms with van der Waals surface area (Å²) < 4.78 is 11.5. The van der Waals surface area contributed by atoms with Gasteiger partial charge in [0, 0.05) is 13.1 Å². The zero-order chi connectivity index (χ0) is 13.9. The topological polar surface area (TPSA) is 51.4 Å². The number of hydrogen-bond donors (Lipinski definition) is 0. The molecular formula is C14H19N3O2S. The zero-order valence-corrected chi connectivity index (χ0v) is 12.6. The Balaban J connectivity index is 1.72. The molecule has 1 aliphatic heterocycles. The van der Waals surface area contributed by atoms with E-state index >= 15 is 0 Å². The van der Waals surface area contributed by atoms with E-state index in [0.717, 1.165) is 31.0 Å². The van der Waals surface area contributed by atoms with Crippen LogP contribution in [0.3, 0.4) is 0 Å². The van der Waals surface area contributed by atoms with Crippen molar-refractivity contribution in [2.75, 3.05) is 19.7 Å². The highest BCUT2D eigenvalue weighted by Crippen LogP contribution is 2.27. The molecule has 1 aliphatic rings. The summed E-state index contributed by atoms with van der Waals surface area (Å²) in [6, 6.07) is 4.12. The normalized spacial score (nSPS) is 22.0. The Bertz CT molecular complexity index is 540. The smallest absolute Gasteiger partial charge is 0.257 e. The summed E-state index contributed by atoms with van der Waals surface area (Å²) in [5.41, 5.74) is 0. The number of thiophene rings is 1. The molecule has 0 bridgehead atoms. The Hall–Kier alpha value is -1.24. The van der Waals surface area contributed by atoms with Crippen molar-refractivity contribution in [1.29, 1.82) is 0 Å². The molecule has 2 aromatic rings. The van der Waals surface area contributed by atoms with Gasteiger partial charge in [-0.1, -0.05) is 13.0 Å². The van der Waals surface area contributed by atoms with Gasteiger partial charge in [-0.2, -0.15) is 0 Å². The molecule has 20 heavy (non-hydrogen) atoms. The second-order valence-corrected chi connectivity index (χ2v) is 5.94. The first-order valence-corrected chi connectivity index (χ1v) is 7.88. The van der Waals surface area contributed by atoms with Gasteiger partial charge in [-0.05, 0) is 24.8 Å². The van der Waals surface area contributed by atoms with Crippen molar-refractivity contribution >= 4 is 11.3 Å². The Morgan fingerprint density at radius 3 is 3.15 bits per heavy atom. The van der Waals surface area contributed by atoms with E-state index in [4.69, 9.17) is 9.15 Å². The largest absolute Gasteiger partial charge is 0.418 e. The minimum absolute atomic E-state index is 0.133. The summed E-state index contributed by atoms with van der Waals surface area (Å²) in [7, 11) is 0. The number of hydrogen-bond acceptors (Lipinski definition) is 6. The standard InChI is InChI=1S/C14H19N3O2S/c1-3-11-9-17(6-7-18-11)10(2)13-15-16-14(19-13)12-5-4-8-20-12/h4-5,8,10-11H,3,6-7,9H2,1-2H3/t10-,11+/m1/s1. The first kappa shape index (κ1) is 13.7. The van der Waals surface area contributed by atoms with Gasteiger partial charge in [-0.15, -0.1) is 21.5 Å². The lowest BCUT2D eigenvalue weighted by Gasteiger charge is -2.35. The summed E-state index contributed by atoms with van der Waals surface area (Å²) >= 11 is 1.61. The van der Waals surface area contributed by atoms with Gasteiger partial charge in [0.15, 0.2) is 0 Å². The third-order valence-electron chi connectivity index (χ3n) is 3.70. The molecule has 0 unspecified atom stereocenters. The van der Waals surface area contributed by atoms with Gasteiger partial charge in [-0.25, -0.2) is 0 Å². The van der Waals surface area contributed by atoms with E-state index in [1.807, 2.05) is 17.5 Å². The minimum atomic E-state index is 0.133. The molecule has 1 saturated heterocycles. The average molecular weight is 293 g/mol. The molecule has 5 nitrogen and oxygen atoms in total. The molecule has 0 aromatic carbocycles. The summed E-state index contributed by atoms with van der Waals surface area (Å²) in [5.74, 6) is 1.30. The SMILES string of the molecule is CC[C@H]1CN([C@H](C)c2nnc(-c3cccs3)o2)CCO1. The average Bonchev–Trinajstić information content (AvgIpc) is 3.17. The Morgan fingerprint density at radius 1 is 1.50 bits per heavy atom. The summed E-state index contributed by atoms with van der Waals surface area (Å²) in [6.45, 7) is 6.88. The van der Waals surface area contributed by atoms with E-state index in [1.54, 1.807) is 11.3 Å². The molecule has 1 fully saturated rings. The molecule has 0 radical (unpaired) electrons. The van der Waals surface area contributed by atoms with Crippen LogP contribution in [0, 0.1) is 0 Å². The van der Waals surface area contributed by atoms with E-state index in [2.05, 4.69) is 28.9 Å². The molecule has 0 spiro atoms. The number of ether oxygens (including phenoxy) is 1. The number of nitrogens with zero attached hydrogens (tertiary/aromatic N) is 3. The predicted molar refractivity (Wildman–Crippen MR) is 77.6 cm³/mol. The molecule has 0 saturated carbocycles. The fourth-order valence-electron chi connectivity index (χ4n) is 2.40. The van der Waals surface area contributed by atoms with E-state index in [1.165, 1.54) is 0 Å². The maximum absolute atomic E-state index is 5.82.